The van der Waals surface area contributed by atoms with Gasteiger partial charge < -0.3 is 14.6 Å². The Morgan fingerprint density at radius 3 is 2.57 bits per heavy atom. The Labute approximate surface area is 126 Å². The Bertz CT molecular complexity index is 498. The van der Waals surface area contributed by atoms with Crippen molar-refractivity contribution in [2.45, 2.75) is 34.1 Å². The summed E-state index contributed by atoms with van der Waals surface area (Å²) in [6, 6.07) is 5.46. The summed E-state index contributed by atoms with van der Waals surface area (Å²) in [5.74, 6) is 0.248. The second-order valence-electron chi connectivity index (χ2n) is 5.94. The number of carbonyl (C=O) groups is 1. The van der Waals surface area contributed by atoms with E-state index in [-0.39, 0.29) is 5.41 Å². The predicted molar refractivity (Wildman–Crippen MR) is 83.8 cm³/mol. The summed E-state index contributed by atoms with van der Waals surface area (Å²) < 4.78 is 11.4. The fourth-order valence-corrected chi connectivity index (χ4v) is 1.71. The largest absolute Gasteiger partial charge is 0.490 e. The number of hydrogen-bond donors (Lipinski definition) is 1. The molecule has 1 aromatic carbocycles. The smallest absolute Gasteiger partial charge is 0.328 e. The van der Waals surface area contributed by atoms with E-state index in [1.165, 1.54) is 6.08 Å². The van der Waals surface area contributed by atoms with Crippen LogP contribution in [0, 0.1) is 5.41 Å². The van der Waals surface area contributed by atoms with E-state index in [1.807, 2.05) is 25.1 Å². The second kappa shape index (κ2) is 7.72. The lowest BCUT2D eigenvalue weighted by atomic mass is 9.93. The summed E-state index contributed by atoms with van der Waals surface area (Å²) in [6.45, 7) is 9.43. The maximum absolute atomic E-state index is 10.7. The zero-order valence-corrected chi connectivity index (χ0v) is 13.2. The molecule has 116 valence electrons. The van der Waals surface area contributed by atoms with Crippen LogP contribution in [0.1, 0.15) is 39.7 Å². The van der Waals surface area contributed by atoms with Gasteiger partial charge in [0.25, 0.3) is 0 Å². The number of para-hydroxylation sites is 1. The second-order valence-corrected chi connectivity index (χ2v) is 5.94. The van der Waals surface area contributed by atoms with Crippen LogP contribution in [-0.4, -0.2) is 24.3 Å². The Morgan fingerprint density at radius 2 is 2.00 bits per heavy atom. The van der Waals surface area contributed by atoms with Gasteiger partial charge in [-0.2, -0.15) is 0 Å². The molecule has 0 aromatic heterocycles. The van der Waals surface area contributed by atoms with E-state index in [9.17, 15) is 4.79 Å². The van der Waals surface area contributed by atoms with Gasteiger partial charge in [0.2, 0.25) is 0 Å². The molecule has 1 N–H and O–H groups in total. The Morgan fingerprint density at radius 1 is 1.29 bits per heavy atom. The molecule has 4 heteroatoms. The molecule has 4 nitrogen and oxygen atoms in total. The fraction of sp³-hybridized carbons (Fsp3) is 0.471. The van der Waals surface area contributed by atoms with E-state index in [2.05, 4.69) is 20.8 Å². The third kappa shape index (κ3) is 6.34. The molecule has 0 radical (unpaired) electrons. The summed E-state index contributed by atoms with van der Waals surface area (Å²) >= 11 is 0. The molecule has 1 rings (SSSR count). The number of ether oxygens (including phenoxy) is 2. The lowest BCUT2D eigenvalue weighted by molar-refractivity contribution is -0.131. The molecule has 0 aliphatic rings. The van der Waals surface area contributed by atoms with E-state index in [1.54, 1.807) is 0 Å². The molecule has 0 unspecified atom stereocenters. The molecule has 0 amide bonds. The van der Waals surface area contributed by atoms with Crippen LogP contribution >= 0.6 is 0 Å². The number of benzene rings is 1. The lowest BCUT2D eigenvalue weighted by Gasteiger charge is -2.20. The van der Waals surface area contributed by atoms with Crippen molar-refractivity contribution >= 4 is 12.0 Å². The van der Waals surface area contributed by atoms with Gasteiger partial charge in [0.15, 0.2) is 11.5 Å². The minimum absolute atomic E-state index is 0.178. The van der Waals surface area contributed by atoms with Crippen LogP contribution in [0.2, 0.25) is 0 Å². The van der Waals surface area contributed by atoms with Crippen LogP contribution in [0.3, 0.4) is 0 Å². The third-order valence-corrected chi connectivity index (χ3v) is 2.81. The Kier molecular flexibility index (Phi) is 6.28. The van der Waals surface area contributed by atoms with Gasteiger partial charge in [0, 0.05) is 11.6 Å². The summed E-state index contributed by atoms with van der Waals surface area (Å²) in [5.41, 5.74) is 0.884. The normalized spacial score (nSPS) is 11.6. The van der Waals surface area contributed by atoms with Crippen molar-refractivity contribution in [2.24, 2.45) is 5.41 Å². The van der Waals surface area contributed by atoms with Crippen LogP contribution < -0.4 is 9.47 Å². The van der Waals surface area contributed by atoms with Gasteiger partial charge in [-0.3, -0.25) is 0 Å². The highest BCUT2D eigenvalue weighted by Gasteiger charge is 2.13. The third-order valence-electron chi connectivity index (χ3n) is 2.81. The number of carboxylic acids is 1. The number of aliphatic carboxylic acids is 1. The number of carboxylic acid groups (broad SMARTS) is 1. The highest BCUT2D eigenvalue weighted by molar-refractivity contribution is 5.86. The number of rotatable bonds is 7. The van der Waals surface area contributed by atoms with E-state index >= 15 is 0 Å². The average molecular weight is 292 g/mol. The van der Waals surface area contributed by atoms with Gasteiger partial charge in [-0.05, 0) is 30.9 Å². The molecule has 0 bridgehead atoms. The zero-order chi connectivity index (χ0) is 15.9. The summed E-state index contributed by atoms with van der Waals surface area (Å²) in [7, 11) is 0. The molecule has 0 heterocycles. The first kappa shape index (κ1) is 17.1. The Hall–Kier alpha value is -1.97. The molecule has 0 spiro atoms. The lowest BCUT2D eigenvalue weighted by Crippen LogP contribution is -2.12. The summed E-state index contributed by atoms with van der Waals surface area (Å²) in [5, 5.41) is 8.76. The minimum Gasteiger partial charge on any atom is -0.490 e. The molecular weight excluding hydrogens is 268 g/mol. The van der Waals surface area contributed by atoms with E-state index in [0.717, 1.165) is 12.5 Å². The monoisotopic (exact) mass is 292 g/mol. The van der Waals surface area contributed by atoms with Crippen molar-refractivity contribution in [3.05, 3.63) is 29.8 Å². The number of hydrogen-bond acceptors (Lipinski definition) is 3. The SMILES string of the molecule is CCOc1cccc(C=CC(=O)O)c1OCCC(C)(C)C. The van der Waals surface area contributed by atoms with Gasteiger partial charge in [-0.15, -0.1) is 0 Å². The van der Waals surface area contributed by atoms with Gasteiger partial charge in [-0.1, -0.05) is 32.9 Å². The molecule has 0 aliphatic heterocycles. The van der Waals surface area contributed by atoms with Crippen LogP contribution in [0.5, 0.6) is 11.5 Å². The maximum Gasteiger partial charge on any atom is 0.328 e. The van der Waals surface area contributed by atoms with Gasteiger partial charge >= 0.3 is 5.97 Å². The summed E-state index contributed by atoms with van der Waals surface area (Å²) in [4.78, 5) is 10.7. The molecule has 21 heavy (non-hydrogen) atoms. The molecular formula is C17H24O4. The molecule has 0 aliphatic carbocycles. The van der Waals surface area contributed by atoms with Crippen LogP contribution in [0.15, 0.2) is 24.3 Å². The van der Waals surface area contributed by atoms with E-state index in [0.29, 0.717) is 30.3 Å². The minimum atomic E-state index is -0.988. The van der Waals surface area contributed by atoms with E-state index < -0.39 is 5.97 Å². The molecule has 0 atom stereocenters. The highest BCUT2D eigenvalue weighted by Crippen LogP contribution is 2.33. The Balaban J connectivity index is 2.96. The molecule has 0 fully saturated rings. The predicted octanol–water partition coefficient (Wildman–Crippen LogP) is 4.00. The first-order chi connectivity index (χ1) is 9.83. The first-order valence-corrected chi connectivity index (χ1v) is 7.13. The van der Waals surface area contributed by atoms with Crippen molar-refractivity contribution in [3.8, 4) is 11.5 Å². The zero-order valence-electron chi connectivity index (χ0n) is 13.2. The van der Waals surface area contributed by atoms with Crippen LogP contribution in [0.25, 0.3) is 6.08 Å². The first-order valence-electron chi connectivity index (χ1n) is 7.13. The van der Waals surface area contributed by atoms with Crippen LogP contribution in [-0.2, 0) is 4.79 Å². The molecule has 0 saturated carbocycles. The van der Waals surface area contributed by atoms with Crippen molar-refractivity contribution in [2.75, 3.05) is 13.2 Å². The van der Waals surface area contributed by atoms with Gasteiger partial charge in [0.05, 0.1) is 13.2 Å². The highest BCUT2D eigenvalue weighted by atomic mass is 16.5. The maximum atomic E-state index is 10.7. The molecule has 0 saturated heterocycles. The van der Waals surface area contributed by atoms with Crippen molar-refractivity contribution in [1.82, 2.24) is 0 Å². The van der Waals surface area contributed by atoms with Crippen molar-refractivity contribution < 1.29 is 19.4 Å². The van der Waals surface area contributed by atoms with Gasteiger partial charge in [-0.25, -0.2) is 4.79 Å². The topological polar surface area (TPSA) is 55.8 Å². The quantitative estimate of drug-likeness (QED) is 0.772. The summed E-state index contributed by atoms with van der Waals surface area (Å²) in [6.07, 6.45) is 3.52. The average Bonchev–Trinajstić information content (AvgIpc) is 2.37. The fourth-order valence-electron chi connectivity index (χ4n) is 1.71. The van der Waals surface area contributed by atoms with Gasteiger partial charge in [0.1, 0.15) is 0 Å². The van der Waals surface area contributed by atoms with Crippen molar-refractivity contribution in [1.29, 1.82) is 0 Å². The molecule has 1 aromatic rings. The van der Waals surface area contributed by atoms with Crippen LogP contribution in [0.4, 0.5) is 0 Å². The van der Waals surface area contributed by atoms with Crippen molar-refractivity contribution in [3.63, 3.8) is 0 Å². The van der Waals surface area contributed by atoms with E-state index in [4.69, 9.17) is 14.6 Å². The standard InChI is InChI=1S/C17H24O4/c1-5-20-14-8-6-7-13(9-10-15(18)19)16(14)21-12-11-17(2,3)4/h6-10H,5,11-12H2,1-4H3,(H,18,19).